The van der Waals surface area contributed by atoms with E-state index in [1.165, 1.54) is 24.3 Å². The summed E-state index contributed by atoms with van der Waals surface area (Å²) in [5.41, 5.74) is 3.77. The van der Waals surface area contributed by atoms with Gasteiger partial charge in [0.2, 0.25) is 5.88 Å². The number of pyridine rings is 1. The third-order valence-electron chi connectivity index (χ3n) is 6.02. The molecule has 0 spiro atoms. The number of hydrogen-bond acceptors (Lipinski definition) is 9. The van der Waals surface area contributed by atoms with Crippen molar-refractivity contribution < 1.29 is 14.6 Å². The van der Waals surface area contributed by atoms with Gasteiger partial charge in [-0.2, -0.15) is 5.26 Å². The molecule has 0 aliphatic heterocycles. The van der Waals surface area contributed by atoms with Crippen LogP contribution in [0.3, 0.4) is 0 Å². The first-order valence-corrected chi connectivity index (χ1v) is 12.0. The Labute approximate surface area is 226 Å². The van der Waals surface area contributed by atoms with E-state index in [9.17, 15) is 25.5 Å². The molecular weight excluding hydrogens is 514 g/mol. The first-order valence-electron chi connectivity index (χ1n) is 12.0. The molecule has 2 aromatic heterocycles. The van der Waals surface area contributed by atoms with E-state index in [-0.39, 0.29) is 29.4 Å². The number of fused-ring (bicyclic) bond motifs is 1. The fraction of sp³-hybridized carbons (Fsp3) is 0.0714. The molecule has 3 aromatic carbocycles. The minimum atomic E-state index is -0.501. The standard InChI is InChI=1S/C28H19N7O5/c1-2-40-28-23(17-29)22(19-9-13-21(14-10-19)35(38)39)16-25(30-28)27(15-18-7-11-20(12-8-18)34(36)37)33-26-6-4-3-5-24(26)31-32-33/h3-16H,2H2,1H3/b27-15-. The van der Waals surface area contributed by atoms with Gasteiger partial charge in [0, 0.05) is 29.8 Å². The van der Waals surface area contributed by atoms with Crippen molar-refractivity contribution in [2.45, 2.75) is 6.92 Å². The fourth-order valence-corrected chi connectivity index (χ4v) is 4.13. The van der Waals surface area contributed by atoms with Crippen molar-refractivity contribution in [1.29, 1.82) is 5.26 Å². The molecular formula is C28H19N7O5. The van der Waals surface area contributed by atoms with Crippen LogP contribution in [-0.2, 0) is 0 Å². The van der Waals surface area contributed by atoms with E-state index >= 15 is 0 Å². The van der Waals surface area contributed by atoms with Crippen LogP contribution < -0.4 is 4.74 Å². The Morgan fingerprint density at radius 2 is 1.65 bits per heavy atom. The smallest absolute Gasteiger partial charge is 0.269 e. The molecule has 0 saturated carbocycles. The van der Waals surface area contributed by atoms with Crippen molar-refractivity contribution in [2.75, 3.05) is 6.61 Å². The summed E-state index contributed by atoms with van der Waals surface area (Å²) in [6, 6.07) is 22.9. The Hall–Kier alpha value is -5.96. The maximum Gasteiger partial charge on any atom is 0.269 e. The van der Waals surface area contributed by atoms with Crippen LogP contribution in [0.15, 0.2) is 78.9 Å². The molecule has 5 aromatic rings. The van der Waals surface area contributed by atoms with E-state index in [1.54, 1.807) is 48.0 Å². The molecule has 5 rings (SSSR count). The molecule has 196 valence electrons. The Kier molecular flexibility index (Phi) is 6.93. The van der Waals surface area contributed by atoms with Gasteiger partial charge >= 0.3 is 0 Å². The fourth-order valence-electron chi connectivity index (χ4n) is 4.13. The average molecular weight is 534 g/mol. The molecule has 12 heteroatoms. The van der Waals surface area contributed by atoms with Gasteiger partial charge in [-0.25, -0.2) is 9.67 Å². The number of para-hydroxylation sites is 1. The number of non-ortho nitro benzene ring substituents is 2. The Morgan fingerprint density at radius 3 is 2.27 bits per heavy atom. The molecule has 0 amide bonds. The number of benzene rings is 3. The van der Waals surface area contributed by atoms with Crippen molar-refractivity contribution in [2.24, 2.45) is 0 Å². The van der Waals surface area contributed by atoms with Crippen LogP contribution in [0.4, 0.5) is 11.4 Å². The molecule has 0 N–H and O–H groups in total. The molecule has 12 nitrogen and oxygen atoms in total. The van der Waals surface area contributed by atoms with Crippen molar-refractivity contribution in [3.8, 4) is 23.1 Å². The molecule has 0 atom stereocenters. The number of aromatic nitrogens is 4. The van der Waals surface area contributed by atoms with Crippen molar-refractivity contribution >= 4 is 34.2 Å². The average Bonchev–Trinajstić information content (AvgIpc) is 3.40. The van der Waals surface area contributed by atoms with Gasteiger partial charge in [-0.15, -0.1) is 5.10 Å². The van der Waals surface area contributed by atoms with E-state index in [2.05, 4.69) is 21.4 Å². The van der Waals surface area contributed by atoms with Gasteiger partial charge in [0.15, 0.2) is 0 Å². The summed E-state index contributed by atoms with van der Waals surface area (Å²) < 4.78 is 7.33. The van der Waals surface area contributed by atoms with Crippen LogP contribution in [0, 0.1) is 31.6 Å². The van der Waals surface area contributed by atoms with Crippen LogP contribution in [0.1, 0.15) is 23.7 Å². The number of nitrogens with zero attached hydrogens (tertiary/aromatic N) is 7. The molecule has 2 heterocycles. The summed E-state index contributed by atoms with van der Waals surface area (Å²) in [6.07, 6.45) is 1.74. The molecule has 0 aliphatic rings. The monoisotopic (exact) mass is 533 g/mol. The van der Waals surface area contributed by atoms with E-state index in [4.69, 9.17) is 4.74 Å². The highest BCUT2D eigenvalue weighted by molar-refractivity contribution is 5.88. The Balaban J connectivity index is 1.77. The minimum Gasteiger partial charge on any atom is -0.477 e. The van der Waals surface area contributed by atoms with Crippen LogP contribution in [0.25, 0.3) is 33.9 Å². The third kappa shape index (κ3) is 4.94. The summed E-state index contributed by atoms with van der Waals surface area (Å²) in [6.45, 7) is 2.00. The van der Waals surface area contributed by atoms with Crippen molar-refractivity contribution in [3.05, 3.63) is 116 Å². The van der Waals surface area contributed by atoms with Gasteiger partial charge in [0.25, 0.3) is 11.4 Å². The number of nitro groups is 2. The summed E-state index contributed by atoms with van der Waals surface area (Å²) in [5, 5.41) is 40.9. The molecule has 0 bridgehead atoms. The molecule has 0 fully saturated rings. The minimum absolute atomic E-state index is 0.0551. The first-order chi connectivity index (χ1) is 19.4. The molecule has 0 saturated heterocycles. The molecule has 40 heavy (non-hydrogen) atoms. The number of nitriles is 1. The normalized spacial score (nSPS) is 11.2. The topological polar surface area (TPSA) is 163 Å². The quantitative estimate of drug-likeness (QED) is 0.182. The lowest BCUT2D eigenvalue weighted by molar-refractivity contribution is -0.385. The highest BCUT2D eigenvalue weighted by Gasteiger charge is 2.21. The van der Waals surface area contributed by atoms with Crippen LogP contribution >= 0.6 is 0 Å². The molecule has 0 radical (unpaired) electrons. The van der Waals surface area contributed by atoms with Crippen LogP contribution in [-0.4, -0.2) is 36.4 Å². The molecule has 0 unspecified atom stereocenters. The maximum atomic E-state index is 11.2. The lowest BCUT2D eigenvalue weighted by Gasteiger charge is -2.15. The summed E-state index contributed by atoms with van der Waals surface area (Å²) in [5.74, 6) is 0.0786. The first kappa shape index (κ1) is 25.7. The number of nitro benzene ring substituents is 2. The predicted molar refractivity (Wildman–Crippen MR) is 146 cm³/mol. The van der Waals surface area contributed by atoms with Gasteiger partial charge in [-0.05, 0) is 66.6 Å². The zero-order valence-electron chi connectivity index (χ0n) is 21.0. The lowest BCUT2D eigenvalue weighted by Crippen LogP contribution is -2.07. The SMILES string of the molecule is CCOc1nc(/C(=C/c2ccc([N+](=O)[O-])cc2)n2nnc3ccccc32)cc(-c2ccc([N+](=O)[O-])cc2)c1C#N. The van der Waals surface area contributed by atoms with E-state index in [0.717, 1.165) is 0 Å². The summed E-state index contributed by atoms with van der Waals surface area (Å²) in [4.78, 5) is 26.0. The van der Waals surface area contributed by atoms with Gasteiger partial charge in [0.1, 0.15) is 17.1 Å². The second-order valence-electron chi connectivity index (χ2n) is 8.45. The largest absolute Gasteiger partial charge is 0.477 e. The summed E-state index contributed by atoms with van der Waals surface area (Å²) >= 11 is 0. The number of hydrogen-bond donors (Lipinski definition) is 0. The third-order valence-corrected chi connectivity index (χ3v) is 6.02. The van der Waals surface area contributed by atoms with Gasteiger partial charge in [-0.3, -0.25) is 20.2 Å². The van der Waals surface area contributed by atoms with E-state index in [1.807, 2.05) is 24.3 Å². The predicted octanol–water partition coefficient (Wildman–Crippen LogP) is 5.63. The van der Waals surface area contributed by atoms with E-state index in [0.29, 0.717) is 39.1 Å². The highest BCUT2D eigenvalue weighted by Crippen LogP contribution is 2.34. The van der Waals surface area contributed by atoms with Crippen LogP contribution in [0.5, 0.6) is 5.88 Å². The van der Waals surface area contributed by atoms with E-state index < -0.39 is 9.85 Å². The second kappa shape index (κ2) is 10.8. The van der Waals surface area contributed by atoms with Crippen molar-refractivity contribution in [1.82, 2.24) is 20.0 Å². The number of ether oxygens (including phenoxy) is 1. The van der Waals surface area contributed by atoms with Gasteiger partial charge < -0.3 is 4.74 Å². The zero-order chi connectivity index (χ0) is 28.2. The van der Waals surface area contributed by atoms with Crippen molar-refractivity contribution in [3.63, 3.8) is 0 Å². The highest BCUT2D eigenvalue weighted by atomic mass is 16.6. The summed E-state index contributed by atoms with van der Waals surface area (Å²) in [7, 11) is 0. The zero-order valence-corrected chi connectivity index (χ0v) is 21.0. The van der Waals surface area contributed by atoms with Crippen LogP contribution in [0.2, 0.25) is 0 Å². The van der Waals surface area contributed by atoms with Gasteiger partial charge in [-0.1, -0.05) is 17.3 Å². The lowest BCUT2D eigenvalue weighted by atomic mass is 9.99. The number of rotatable bonds is 8. The second-order valence-corrected chi connectivity index (χ2v) is 8.45. The molecule has 0 aliphatic carbocycles. The maximum absolute atomic E-state index is 11.2. The Morgan fingerprint density at radius 1 is 1.00 bits per heavy atom. The Bertz CT molecular complexity index is 1820. The van der Waals surface area contributed by atoms with Gasteiger partial charge in [0.05, 0.1) is 33.4 Å².